The van der Waals surface area contributed by atoms with E-state index in [1.807, 2.05) is 11.8 Å². The van der Waals surface area contributed by atoms with Crippen LogP contribution in [0.15, 0.2) is 0 Å². The fraction of sp³-hybridized carbons (Fsp3) is 0.933. The monoisotopic (exact) mass is 285 g/mol. The average molecular weight is 285 g/mol. The quantitative estimate of drug-likeness (QED) is 0.816. The molecule has 0 aromatic carbocycles. The van der Waals surface area contributed by atoms with E-state index < -0.39 is 5.60 Å². The van der Waals surface area contributed by atoms with Crippen LogP contribution < -0.4 is 5.32 Å². The maximum atomic E-state index is 12.1. The van der Waals surface area contributed by atoms with Gasteiger partial charge in [0.25, 0.3) is 0 Å². The topological polar surface area (TPSA) is 49.3 Å². The lowest BCUT2D eigenvalue weighted by atomic mass is 9.82. The molecule has 0 spiro atoms. The van der Waals surface area contributed by atoms with Gasteiger partial charge in [0.1, 0.15) is 0 Å². The van der Waals surface area contributed by atoms with Gasteiger partial charge in [-0.15, -0.1) is 0 Å². The highest BCUT2D eigenvalue weighted by Crippen LogP contribution is 2.32. The second-order valence-electron chi connectivity index (χ2n) is 6.06. The molecule has 2 N–H and O–H groups in total. The van der Waals surface area contributed by atoms with E-state index >= 15 is 0 Å². The molecule has 2 fully saturated rings. The molecule has 2 aliphatic carbocycles. The van der Waals surface area contributed by atoms with E-state index in [9.17, 15) is 9.90 Å². The first-order valence-corrected chi connectivity index (χ1v) is 8.81. The normalized spacial score (nSPS) is 30.2. The van der Waals surface area contributed by atoms with E-state index in [4.69, 9.17) is 0 Å². The predicted octanol–water partition coefficient (Wildman–Crippen LogP) is 2.86. The molecule has 1 amide bonds. The number of amides is 1. The standard InChI is InChI=1S/C15H27NO2S/c1-2-19-13-8-6-7-12(13)16-14(17)11-15(18)9-4-3-5-10-15/h12-13,18H,2-11H2,1H3,(H,16,17). The summed E-state index contributed by atoms with van der Waals surface area (Å²) in [7, 11) is 0. The Bertz CT molecular complexity index is 303. The summed E-state index contributed by atoms with van der Waals surface area (Å²) in [4.78, 5) is 12.1. The molecule has 19 heavy (non-hydrogen) atoms. The zero-order valence-corrected chi connectivity index (χ0v) is 12.8. The Labute approximate surface area is 120 Å². The van der Waals surface area contributed by atoms with Crippen molar-refractivity contribution >= 4 is 17.7 Å². The highest BCUT2D eigenvalue weighted by Gasteiger charge is 2.34. The minimum atomic E-state index is -0.728. The van der Waals surface area contributed by atoms with E-state index in [0.717, 1.165) is 37.9 Å². The van der Waals surface area contributed by atoms with Gasteiger partial charge in [-0.25, -0.2) is 0 Å². The lowest BCUT2D eigenvalue weighted by Crippen LogP contribution is -2.44. The molecule has 0 radical (unpaired) electrons. The van der Waals surface area contributed by atoms with Crippen LogP contribution in [0, 0.1) is 0 Å². The lowest BCUT2D eigenvalue weighted by molar-refractivity contribution is -0.128. The Morgan fingerprint density at radius 2 is 2.00 bits per heavy atom. The van der Waals surface area contributed by atoms with Crippen LogP contribution in [-0.2, 0) is 4.79 Å². The number of carbonyl (C=O) groups is 1. The van der Waals surface area contributed by atoms with Gasteiger partial charge in [0.05, 0.1) is 12.0 Å². The number of nitrogens with one attached hydrogen (secondary N) is 1. The maximum absolute atomic E-state index is 12.1. The van der Waals surface area contributed by atoms with Gasteiger partial charge in [-0.3, -0.25) is 4.79 Å². The fourth-order valence-corrected chi connectivity index (χ4v) is 4.65. The molecule has 2 unspecified atom stereocenters. The van der Waals surface area contributed by atoms with Crippen molar-refractivity contribution < 1.29 is 9.90 Å². The lowest BCUT2D eigenvalue weighted by Gasteiger charge is -2.32. The highest BCUT2D eigenvalue weighted by molar-refractivity contribution is 7.99. The summed E-state index contributed by atoms with van der Waals surface area (Å²) >= 11 is 1.96. The van der Waals surface area contributed by atoms with Gasteiger partial charge in [0.15, 0.2) is 0 Å². The molecular weight excluding hydrogens is 258 g/mol. The molecule has 0 aromatic heterocycles. The van der Waals surface area contributed by atoms with Crippen LogP contribution in [0.5, 0.6) is 0 Å². The van der Waals surface area contributed by atoms with Gasteiger partial charge < -0.3 is 10.4 Å². The third-order valence-electron chi connectivity index (χ3n) is 4.45. The minimum Gasteiger partial charge on any atom is -0.389 e. The third-order valence-corrected chi connectivity index (χ3v) is 5.78. The second kappa shape index (κ2) is 6.98. The Morgan fingerprint density at radius 1 is 1.26 bits per heavy atom. The maximum Gasteiger partial charge on any atom is 0.223 e. The molecule has 2 aliphatic rings. The third kappa shape index (κ3) is 4.38. The number of hydrogen-bond acceptors (Lipinski definition) is 3. The van der Waals surface area contributed by atoms with Crippen molar-refractivity contribution in [3.05, 3.63) is 0 Å². The van der Waals surface area contributed by atoms with Gasteiger partial charge in [-0.05, 0) is 31.4 Å². The number of aliphatic hydroxyl groups is 1. The van der Waals surface area contributed by atoms with Crippen LogP contribution in [0.3, 0.4) is 0 Å². The molecule has 2 saturated carbocycles. The second-order valence-corrected chi connectivity index (χ2v) is 7.58. The van der Waals surface area contributed by atoms with Gasteiger partial charge in [-0.2, -0.15) is 11.8 Å². The Balaban J connectivity index is 1.80. The number of thioether (sulfide) groups is 1. The first-order chi connectivity index (χ1) is 9.13. The van der Waals surface area contributed by atoms with E-state index in [-0.39, 0.29) is 5.91 Å². The largest absolute Gasteiger partial charge is 0.389 e. The molecule has 0 heterocycles. The number of rotatable bonds is 5. The molecule has 0 aromatic rings. The number of carbonyl (C=O) groups excluding carboxylic acids is 1. The Kier molecular flexibility index (Phi) is 5.58. The van der Waals surface area contributed by atoms with Crippen LogP contribution in [0.2, 0.25) is 0 Å². The zero-order valence-electron chi connectivity index (χ0n) is 12.0. The first kappa shape index (κ1) is 15.2. The Hall–Kier alpha value is -0.220. The predicted molar refractivity (Wildman–Crippen MR) is 80.4 cm³/mol. The SMILES string of the molecule is CCSC1CCCC1NC(=O)CC1(O)CCCCC1. The molecule has 3 nitrogen and oxygen atoms in total. The molecular formula is C15H27NO2S. The molecule has 110 valence electrons. The van der Waals surface area contributed by atoms with Crippen molar-refractivity contribution in [1.29, 1.82) is 0 Å². The molecule has 2 rings (SSSR count). The van der Waals surface area contributed by atoms with Crippen LogP contribution >= 0.6 is 11.8 Å². The van der Waals surface area contributed by atoms with Gasteiger partial charge in [0, 0.05) is 11.3 Å². The summed E-state index contributed by atoms with van der Waals surface area (Å²) in [5.41, 5.74) is -0.728. The van der Waals surface area contributed by atoms with E-state index in [2.05, 4.69) is 12.2 Å². The molecule has 4 heteroatoms. The molecule has 0 saturated heterocycles. The summed E-state index contributed by atoms with van der Waals surface area (Å²) in [5.74, 6) is 1.17. The van der Waals surface area contributed by atoms with Gasteiger partial charge >= 0.3 is 0 Å². The summed E-state index contributed by atoms with van der Waals surface area (Å²) in [5, 5.41) is 14.2. The van der Waals surface area contributed by atoms with Crippen molar-refractivity contribution in [3.63, 3.8) is 0 Å². The molecule has 0 aliphatic heterocycles. The van der Waals surface area contributed by atoms with Crippen molar-refractivity contribution in [2.45, 2.75) is 81.6 Å². The van der Waals surface area contributed by atoms with Crippen molar-refractivity contribution in [2.24, 2.45) is 0 Å². The highest BCUT2D eigenvalue weighted by atomic mass is 32.2. The zero-order chi connectivity index (χ0) is 13.7. The van der Waals surface area contributed by atoms with Gasteiger partial charge in [-0.1, -0.05) is 32.6 Å². The van der Waals surface area contributed by atoms with E-state index in [1.165, 1.54) is 19.3 Å². The van der Waals surface area contributed by atoms with Crippen molar-refractivity contribution in [2.75, 3.05) is 5.75 Å². The fourth-order valence-electron chi connectivity index (χ4n) is 3.45. The molecule has 0 bridgehead atoms. The van der Waals surface area contributed by atoms with Crippen molar-refractivity contribution in [1.82, 2.24) is 5.32 Å². The number of hydrogen-bond donors (Lipinski definition) is 2. The smallest absolute Gasteiger partial charge is 0.223 e. The van der Waals surface area contributed by atoms with Crippen LogP contribution in [0.4, 0.5) is 0 Å². The summed E-state index contributed by atoms with van der Waals surface area (Å²) in [6.45, 7) is 2.17. The molecule has 2 atom stereocenters. The van der Waals surface area contributed by atoms with E-state index in [0.29, 0.717) is 17.7 Å². The van der Waals surface area contributed by atoms with Crippen LogP contribution in [-0.4, -0.2) is 33.7 Å². The summed E-state index contributed by atoms with van der Waals surface area (Å²) < 4.78 is 0. The minimum absolute atomic E-state index is 0.0537. The summed E-state index contributed by atoms with van der Waals surface area (Å²) in [6, 6.07) is 0.324. The van der Waals surface area contributed by atoms with Crippen LogP contribution in [0.25, 0.3) is 0 Å². The first-order valence-electron chi connectivity index (χ1n) is 7.76. The van der Waals surface area contributed by atoms with E-state index in [1.54, 1.807) is 0 Å². The Morgan fingerprint density at radius 3 is 2.68 bits per heavy atom. The average Bonchev–Trinajstić information content (AvgIpc) is 2.77. The summed E-state index contributed by atoms with van der Waals surface area (Å²) in [6.07, 6.45) is 8.72. The van der Waals surface area contributed by atoms with Crippen LogP contribution in [0.1, 0.15) is 64.7 Å². The van der Waals surface area contributed by atoms with Crippen molar-refractivity contribution in [3.8, 4) is 0 Å². The van der Waals surface area contributed by atoms with Gasteiger partial charge in [0.2, 0.25) is 5.91 Å².